The Morgan fingerprint density at radius 3 is 2.68 bits per heavy atom. The second-order valence-corrected chi connectivity index (χ2v) is 6.73. The fourth-order valence-electron chi connectivity index (χ4n) is 3.92. The van der Waals surface area contributed by atoms with Gasteiger partial charge >= 0.3 is 29.6 Å². The van der Waals surface area contributed by atoms with Gasteiger partial charge in [0.15, 0.2) is 0 Å². The summed E-state index contributed by atoms with van der Waals surface area (Å²) in [5, 5.41) is 17.3. The molecule has 2 N–H and O–H groups in total. The van der Waals surface area contributed by atoms with Crippen LogP contribution in [-0.4, -0.2) is 29.4 Å². The van der Waals surface area contributed by atoms with Gasteiger partial charge in [-0.15, -0.1) is 0 Å². The number of carbonyl (C=O) groups excluding carboxylic acids is 3. The molecule has 1 unspecified atom stereocenters. The molecule has 25 heavy (non-hydrogen) atoms. The van der Waals surface area contributed by atoms with Crippen LogP contribution in [0.1, 0.15) is 50.0 Å². The fourth-order valence-corrected chi connectivity index (χ4v) is 3.92. The predicted octanol–water partition coefficient (Wildman–Crippen LogP) is -2.77. The van der Waals surface area contributed by atoms with Crippen LogP contribution in [0.25, 0.3) is 0 Å². The van der Waals surface area contributed by atoms with E-state index in [1.54, 1.807) is 30.3 Å². The minimum atomic E-state index is -1.27. The van der Waals surface area contributed by atoms with E-state index in [1.165, 1.54) is 0 Å². The molecule has 7 heteroatoms. The molecule has 0 aromatic heterocycles. The molecule has 0 radical (unpaired) electrons. The summed E-state index contributed by atoms with van der Waals surface area (Å²) in [5.41, 5.74) is -0.0227. The van der Waals surface area contributed by atoms with Gasteiger partial charge in [0, 0.05) is 18.3 Å². The van der Waals surface area contributed by atoms with Crippen molar-refractivity contribution in [2.45, 2.75) is 56.0 Å². The average Bonchev–Trinajstić information content (AvgIpc) is 2.88. The van der Waals surface area contributed by atoms with Gasteiger partial charge in [-0.3, -0.25) is 9.59 Å². The summed E-state index contributed by atoms with van der Waals surface area (Å²) in [5.74, 6) is -2.66. The van der Waals surface area contributed by atoms with Crippen LogP contribution in [0.3, 0.4) is 0 Å². The zero-order chi connectivity index (χ0) is 17.2. The van der Waals surface area contributed by atoms with Crippen molar-refractivity contribution in [3.63, 3.8) is 0 Å². The van der Waals surface area contributed by atoms with Crippen LogP contribution in [0.5, 0.6) is 0 Å². The average molecular weight is 352 g/mol. The molecule has 6 nitrogen and oxygen atoms in total. The number of aliphatic carboxylic acids is 1. The van der Waals surface area contributed by atoms with Crippen LogP contribution in [-0.2, 0) is 14.4 Å². The molecule has 0 spiro atoms. The summed E-state index contributed by atoms with van der Waals surface area (Å²) in [6.07, 6.45) is 3.64. The van der Waals surface area contributed by atoms with Crippen molar-refractivity contribution in [1.82, 2.24) is 10.6 Å². The SMILES string of the molecule is O=C1C[C@]2(NC(=O)CC(C(=O)[O-])c3ccccc3)CCCC[C@@H]2N1.[Na+]. The standard InChI is InChI=1S/C18H22N2O4.Na/c21-15(10-13(17(23)24)12-6-2-1-3-7-12)20-18-9-5-4-8-14(18)19-16(22)11-18;/h1-3,6-7,13-14H,4-5,8-11H2,(H,19,22)(H,20,21)(H,23,24);/q;+1/p-1/t13?,14-,18+;/m0./s1. The normalized spacial score (nSPS) is 25.9. The number of carbonyl (C=O) groups is 3. The van der Waals surface area contributed by atoms with Crippen molar-refractivity contribution in [2.75, 3.05) is 0 Å². The van der Waals surface area contributed by atoms with E-state index in [4.69, 9.17) is 0 Å². The van der Waals surface area contributed by atoms with E-state index in [0.29, 0.717) is 5.56 Å². The summed E-state index contributed by atoms with van der Waals surface area (Å²) < 4.78 is 0. The topological polar surface area (TPSA) is 98.3 Å². The number of carboxylic acid groups (broad SMARTS) is 1. The summed E-state index contributed by atoms with van der Waals surface area (Å²) in [6, 6.07) is 8.56. The molecule has 2 aliphatic rings. The Kier molecular flexibility index (Phi) is 6.65. The van der Waals surface area contributed by atoms with Gasteiger partial charge in [-0.1, -0.05) is 43.2 Å². The quantitative estimate of drug-likeness (QED) is 0.561. The third kappa shape index (κ3) is 4.43. The van der Waals surface area contributed by atoms with E-state index in [0.717, 1.165) is 25.7 Å². The number of hydrogen-bond donors (Lipinski definition) is 2. The van der Waals surface area contributed by atoms with Crippen molar-refractivity contribution in [2.24, 2.45) is 0 Å². The van der Waals surface area contributed by atoms with Crippen LogP contribution in [0.2, 0.25) is 0 Å². The van der Waals surface area contributed by atoms with Crippen molar-refractivity contribution in [1.29, 1.82) is 0 Å². The molecule has 1 aliphatic carbocycles. The van der Waals surface area contributed by atoms with Crippen molar-refractivity contribution >= 4 is 17.8 Å². The van der Waals surface area contributed by atoms with Gasteiger partial charge in [0.2, 0.25) is 11.8 Å². The Balaban J connectivity index is 0.00000225. The smallest absolute Gasteiger partial charge is 0.549 e. The third-order valence-electron chi connectivity index (χ3n) is 5.11. The maximum atomic E-state index is 12.5. The molecular formula is C18H21N2NaO4. The van der Waals surface area contributed by atoms with Crippen molar-refractivity contribution < 1.29 is 49.0 Å². The third-order valence-corrected chi connectivity index (χ3v) is 5.11. The number of carboxylic acids is 1. The molecule has 0 bridgehead atoms. The van der Waals surface area contributed by atoms with Crippen LogP contribution >= 0.6 is 0 Å². The maximum Gasteiger partial charge on any atom is 1.00 e. The zero-order valence-electron chi connectivity index (χ0n) is 14.4. The monoisotopic (exact) mass is 352 g/mol. The van der Waals surface area contributed by atoms with Crippen LogP contribution in [0.4, 0.5) is 0 Å². The molecule has 2 amide bonds. The molecule has 128 valence electrons. The summed E-state index contributed by atoms with van der Waals surface area (Å²) in [4.78, 5) is 35.7. The van der Waals surface area contributed by atoms with E-state index in [2.05, 4.69) is 10.6 Å². The maximum absolute atomic E-state index is 12.5. The largest absolute Gasteiger partial charge is 1.00 e. The molecule has 2 fully saturated rings. The zero-order valence-corrected chi connectivity index (χ0v) is 16.4. The molecule has 1 aromatic carbocycles. The molecule has 1 aliphatic heterocycles. The predicted molar refractivity (Wildman–Crippen MR) is 84.7 cm³/mol. The number of amides is 2. The number of fused-ring (bicyclic) bond motifs is 1. The number of rotatable bonds is 5. The molecular weight excluding hydrogens is 331 g/mol. The van der Waals surface area contributed by atoms with Crippen molar-refractivity contribution in [3.05, 3.63) is 35.9 Å². The van der Waals surface area contributed by atoms with Gasteiger partial charge in [-0.2, -0.15) is 0 Å². The van der Waals surface area contributed by atoms with Gasteiger partial charge in [0.1, 0.15) is 0 Å². The minimum Gasteiger partial charge on any atom is -0.549 e. The van der Waals surface area contributed by atoms with Gasteiger partial charge in [0.05, 0.1) is 18.0 Å². The van der Waals surface area contributed by atoms with Crippen LogP contribution < -0.4 is 45.3 Å². The Morgan fingerprint density at radius 2 is 2.00 bits per heavy atom. The Morgan fingerprint density at radius 1 is 1.28 bits per heavy atom. The van der Waals surface area contributed by atoms with Gasteiger partial charge in [-0.05, 0) is 18.4 Å². The first-order valence-electron chi connectivity index (χ1n) is 8.36. The second kappa shape index (κ2) is 8.34. The Labute approximate surface area is 169 Å². The molecule has 1 saturated heterocycles. The molecule has 3 rings (SSSR count). The first kappa shape index (κ1) is 19.9. The van der Waals surface area contributed by atoms with E-state index in [-0.39, 0.29) is 60.3 Å². The summed E-state index contributed by atoms with van der Waals surface area (Å²) in [6.45, 7) is 0. The van der Waals surface area contributed by atoms with E-state index < -0.39 is 17.4 Å². The summed E-state index contributed by atoms with van der Waals surface area (Å²) >= 11 is 0. The van der Waals surface area contributed by atoms with Crippen molar-refractivity contribution in [3.8, 4) is 0 Å². The van der Waals surface area contributed by atoms with E-state index in [9.17, 15) is 19.5 Å². The summed E-state index contributed by atoms with van der Waals surface area (Å²) in [7, 11) is 0. The fraction of sp³-hybridized carbons (Fsp3) is 0.500. The van der Waals surface area contributed by atoms with Gasteiger partial charge in [-0.25, -0.2) is 0 Å². The van der Waals surface area contributed by atoms with E-state index in [1.807, 2.05) is 0 Å². The first-order valence-corrected chi connectivity index (χ1v) is 8.36. The van der Waals surface area contributed by atoms with Crippen LogP contribution in [0.15, 0.2) is 30.3 Å². The second-order valence-electron chi connectivity index (χ2n) is 6.73. The number of nitrogens with one attached hydrogen (secondary N) is 2. The Bertz CT molecular complexity index is 652. The van der Waals surface area contributed by atoms with Gasteiger partial charge in [0.25, 0.3) is 0 Å². The number of hydrogen-bond acceptors (Lipinski definition) is 4. The van der Waals surface area contributed by atoms with Crippen LogP contribution in [0, 0.1) is 0 Å². The first-order chi connectivity index (χ1) is 11.5. The van der Waals surface area contributed by atoms with Gasteiger partial charge < -0.3 is 20.5 Å². The molecule has 1 aromatic rings. The number of benzene rings is 1. The Hall–Kier alpha value is -1.37. The minimum absolute atomic E-state index is 0. The van der Waals surface area contributed by atoms with E-state index >= 15 is 0 Å². The molecule has 3 atom stereocenters. The molecule has 1 saturated carbocycles. The molecule has 1 heterocycles.